The summed E-state index contributed by atoms with van der Waals surface area (Å²) in [5.74, 6) is 0.675. The molecule has 82 valence electrons. The highest BCUT2D eigenvalue weighted by molar-refractivity contribution is 7.80. The Kier molecular flexibility index (Phi) is 4.36. The van der Waals surface area contributed by atoms with Crippen molar-refractivity contribution in [1.82, 2.24) is 4.98 Å². The molecule has 1 aromatic heterocycles. The van der Waals surface area contributed by atoms with Crippen LogP contribution in [0, 0.1) is 17.0 Å². The quantitative estimate of drug-likeness (QED) is 0.362. The van der Waals surface area contributed by atoms with Gasteiger partial charge in [-0.15, -0.1) is 0 Å². The summed E-state index contributed by atoms with van der Waals surface area (Å²) in [4.78, 5) is 13.9. The van der Waals surface area contributed by atoms with Gasteiger partial charge in [0.05, 0.1) is 6.61 Å². The van der Waals surface area contributed by atoms with E-state index >= 15 is 0 Å². The fourth-order valence-electron chi connectivity index (χ4n) is 1.02. The van der Waals surface area contributed by atoms with Crippen LogP contribution in [0.1, 0.15) is 12.1 Å². The summed E-state index contributed by atoms with van der Waals surface area (Å²) in [6.45, 7) is 2.11. The molecular formula is C9H12N2O3S. The number of hydrogen-bond acceptors (Lipinski definition) is 5. The molecule has 0 unspecified atom stereocenters. The minimum atomic E-state index is -0.539. The molecule has 0 radical (unpaired) electrons. The summed E-state index contributed by atoms with van der Waals surface area (Å²) in [6, 6.07) is 3.25. The number of nitrogens with zero attached hydrogens (tertiary/aromatic N) is 2. The Labute approximate surface area is 93.0 Å². The van der Waals surface area contributed by atoms with E-state index in [4.69, 9.17) is 4.74 Å². The van der Waals surface area contributed by atoms with Gasteiger partial charge in [0, 0.05) is 6.92 Å². The zero-order valence-electron chi connectivity index (χ0n) is 8.34. The summed E-state index contributed by atoms with van der Waals surface area (Å²) < 4.78 is 5.24. The molecule has 0 aliphatic rings. The van der Waals surface area contributed by atoms with Crippen LogP contribution in [-0.2, 0) is 0 Å². The van der Waals surface area contributed by atoms with Crippen LogP contribution in [0.2, 0.25) is 0 Å². The van der Waals surface area contributed by atoms with Crippen LogP contribution in [0.25, 0.3) is 0 Å². The standard InChI is InChI=1S/C9H12N2O3S/c1-7-3-4-8(14-5-2-6-15)9(10-7)11(12)13/h3-4,15H,2,5-6H2,1H3. The van der Waals surface area contributed by atoms with Gasteiger partial charge in [0.15, 0.2) is 0 Å². The van der Waals surface area contributed by atoms with E-state index in [1.165, 1.54) is 0 Å². The van der Waals surface area contributed by atoms with E-state index in [0.717, 1.165) is 6.42 Å². The predicted octanol–water partition coefficient (Wildman–Crippen LogP) is 2.00. The van der Waals surface area contributed by atoms with Gasteiger partial charge in [-0.2, -0.15) is 12.6 Å². The Bertz CT molecular complexity index is 357. The third-order valence-corrected chi connectivity index (χ3v) is 2.03. The Morgan fingerprint density at radius 2 is 2.33 bits per heavy atom. The molecule has 0 N–H and O–H groups in total. The van der Waals surface area contributed by atoms with E-state index < -0.39 is 4.92 Å². The summed E-state index contributed by atoms with van der Waals surface area (Å²) >= 11 is 4.02. The van der Waals surface area contributed by atoms with Gasteiger partial charge in [-0.25, -0.2) is 0 Å². The Morgan fingerprint density at radius 3 is 2.93 bits per heavy atom. The van der Waals surface area contributed by atoms with Gasteiger partial charge in [-0.1, -0.05) is 0 Å². The second kappa shape index (κ2) is 5.55. The van der Waals surface area contributed by atoms with Crippen LogP contribution in [0.4, 0.5) is 5.82 Å². The van der Waals surface area contributed by atoms with Crippen molar-refractivity contribution in [2.45, 2.75) is 13.3 Å². The first-order valence-corrected chi connectivity index (χ1v) is 5.14. The van der Waals surface area contributed by atoms with Gasteiger partial charge in [0.25, 0.3) is 0 Å². The van der Waals surface area contributed by atoms with Crippen molar-refractivity contribution in [3.63, 3.8) is 0 Å². The maximum atomic E-state index is 10.7. The molecule has 0 aromatic carbocycles. The number of rotatable bonds is 5. The number of ether oxygens (including phenoxy) is 1. The SMILES string of the molecule is Cc1ccc(OCCCS)c([N+](=O)[O-])n1. The summed E-state index contributed by atoms with van der Waals surface area (Å²) in [7, 11) is 0. The molecule has 0 aliphatic carbocycles. The Morgan fingerprint density at radius 1 is 1.60 bits per heavy atom. The molecule has 0 saturated carbocycles. The number of thiol groups is 1. The topological polar surface area (TPSA) is 65.3 Å². The molecule has 0 aliphatic heterocycles. The molecule has 1 rings (SSSR count). The lowest BCUT2D eigenvalue weighted by Gasteiger charge is -2.04. The van der Waals surface area contributed by atoms with Crippen LogP contribution >= 0.6 is 12.6 Å². The van der Waals surface area contributed by atoms with E-state index in [9.17, 15) is 10.1 Å². The zero-order valence-corrected chi connectivity index (χ0v) is 9.24. The average molecular weight is 228 g/mol. The fourth-order valence-corrected chi connectivity index (χ4v) is 1.15. The van der Waals surface area contributed by atoms with Crippen LogP contribution in [-0.4, -0.2) is 22.3 Å². The fraction of sp³-hybridized carbons (Fsp3) is 0.444. The van der Waals surface area contributed by atoms with E-state index in [-0.39, 0.29) is 11.6 Å². The van der Waals surface area contributed by atoms with E-state index in [1.54, 1.807) is 19.1 Å². The van der Waals surface area contributed by atoms with E-state index in [0.29, 0.717) is 18.1 Å². The van der Waals surface area contributed by atoms with E-state index in [2.05, 4.69) is 17.6 Å². The molecule has 0 bridgehead atoms. The molecule has 1 aromatic rings. The number of aromatic nitrogens is 1. The second-order valence-electron chi connectivity index (χ2n) is 2.96. The molecular weight excluding hydrogens is 216 g/mol. The molecule has 5 nitrogen and oxygen atoms in total. The van der Waals surface area contributed by atoms with Crippen LogP contribution in [0.3, 0.4) is 0 Å². The molecule has 0 saturated heterocycles. The normalized spacial score (nSPS) is 10.0. The van der Waals surface area contributed by atoms with Crippen LogP contribution in [0.5, 0.6) is 5.75 Å². The van der Waals surface area contributed by atoms with Gasteiger partial charge < -0.3 is 14.9 Å². The number of nitro groups is 1. The highest BCUT2D eigenvalue weighted by atomic mass is 32.1. The number of pyridine rings is 1. The molecule has 0 atom stereocenters. The molecule has 6 heteroatoms. The lowest BCUT2D eigenvalue weighted by Crippen LogP contribution is -2.03. The second-order valence-corrected chi connectivity index (χ2v) is 3.40. The minimum absolute atomic E-state index is 0.215. The first kappa shape index (κ1) is 11.8. The smallest absolute Gasteiger partial charge is 0.406 e. The first-order chi connectivity index (χ1) is 7.15. The van der Waals surface area contributed by atoms with Crippen molar-refractivity contribution in [3.05, 3.63) is 27.9 Å². The van der Waals surface area contributed by atoms with Crippen molar-refractivity contribution < 1.29 is 9.66 Å². The van der Waals surface area contributed by atoms with Crippen molar-refractivity contribution in [1.29, 1.82) is 0 Å². The molecule has 1 heterocycles. The third kappa shape index (κ3) is 3.39. The predicted molar refractivity (Wildman–Crippen MR) is 59.6 cm³/mol. The highest BCUT2D eigenvalue weighted by Gasteiger charge is 2.16. The molecule has 0 amide bonds. The number of aryl methyl sites for hydroxylation is 1. The zero-order chi connectivity index (χ0) is 11.3. The minimum Gasteiger partial charge on any atom is -0.486 e. The van der Waals surface area contributed by atoms with Gasteiger partial charge in [-0.3, -0.25) is 0 Å². The van der Waals surface area contributed by atoms with Crippen LogP contribution in [0.15, 0.2) is 12.1 Å². The maximum absolute atomic E-state index is 10.7. The summed E-state index contributed by atoms with van der Waals surface area (Å²) in [6.07, 6.45) is 0.744. The Balaban J connectivity index is 2.81. The molecule has 0 fully saturated rings. The van der Waals surface area contributed by atoms with Gasteiger partial charge >= 0.3 is 5.82 Å². The average Bonchev–Trinajstić information content (AvgIpc) is 2.20. The van der Waals surface area contributed by atoms with Crippen molar-refractivity contribution >= 4 is 18.4 Å². The maximum Gasteiger partial charge on any atom is 0.406 e. The van der Waals surface area contributed by atoms with Gasteiger partial charge in [-0.05, 0) is 34.2 Å². The highest BCUT2D eigenvalue weighted by Crippen LogP contribution is 2.24. The summed E-state index contributed by atoms with van der Waals surface area (Å²) in [5.41, 5.74) is 0.600. The van der Waals surface area contributed by atoms with E-state index in [1.807, 2.05) is 0 Å². The molecule has 15 heavy (non-hydrogen) atoms. The number of hydrogen-bond donors (Lipinski definition) is 1. The summed E-state index contributed by atoms with van der Waals surface area (Å²) in [5, 5.41) is 10.7. The van der Waals surface area contributed by atoms with Crippen LogP contribution < -0.4 is 4.74 Å². The molecule has 0 spiro atoms. The monoisotopic (exact) mass is 228 g/mol. The lowest BCUT2D eigenvalue weighted by atomic mass is 10.3. The lowest BCUT2D eigenvalue weighted by molar-refractivity contribution is -0.390. The van der Waals surface area contributed by atoms with Crippen molar-refractivity contribution in [3.8, 4) is 5.75 Å². The Hall–Kier alpha value is -1.30. The first-order valence-electron chi connectivity index (χ1n) is 4.51. The van der Waals surface area contributed by atoms with Gasteiger partial charge in [0.1, 0.15) is 5.69 Å². The third-order valence-electron chi connectivity index (χ3n) is 1.71. The van der Waals surface area contributed by atoms with Crippen molar-refractivity contribution in [2.24, 2.45) is 0 Å². The van der Waals surface area contributed by atoms with Gasteiger partial charge in [0.2, 0.25) is 5.75 Å². The van der Waals surface area contributed by atoms with Crippen molar-refractivity contribution in [2.75, 3.05) is 12.4 Å². The largest absolute Gasteiger partial charge is 0.486 e.